The van der Waals surface area contributed by atoms with Gasteiger partial charge in [0, 0.05) is 11.1 Å². The number of aryl methyl sites for hydroxylation is 1. The van der Waals surface area contributed by atoms with Crippen LogP contribution in [0.5, 0.6) is 0 Å². The normalized spacial score (nSPS) is 11.8. The van der Waals surface area contributed by atoms with Crippen molar-refractivity contribution in [3.05, 3.63) is 96.2 Å². The Labute approximate surface area is 152 Å². The molecule has 126 valence electrons. The van der Waals surface area contributed by atoms with Crippen molar-refractivity contribution in [3.8, 4) is 0 Å². The van der Waals surface area contributed by atoms with E-state index in [0.717, 1.165) is 46.9 Å². The smallest absolute Gasteiger partial charge is 0.143 e. The van der Waals surface area contributed by atoms with Gasteiger partial charge in [0.1, 0.15) is 6.29 Å². The zero-order valence-corrected chi connectivity index (χ0v) is 14.4. The highest BCUT2D eigenvalue weighted by atomic mass is 16.1. The number of fused-ring (bicyclic) bond motifs is 2. The van der Waals surface area contributed by atoms with Gasteiger partial charge in [0.25, 0.3) is 0 Å². The molecular weight excluding hydrogens is 318 g/mol. The van der Waals surface area contributed by atoms with E-state index in [4.69, 9.17) is 4.98 Å². The zero-order valence-electron chi connectivity index (χ0n) is 14.4. The Balaban J connectivity index is 1.59. The lowest BCUT2D eigenvalue weighted by atomic mass is 9.97. The molecule has 1 aromatic heterocycles. The van der Waals surface area contributed by atoms with Crippen LogP contribution in [0.3, 0.4) is 0 Å². The lowest BCUT2D eigenvalue weighted by Crippen LogP contribution is -1.94. The monoisotopic (exact) mass is 337 g/mol. The summed E-state index contributed by atoms with van der Waals surface area (Å²) >= 11 is 0. The summed E-state index contributed by atoms with van der Waals surface area (Å²) in [5.74, 6) is 0. The second-order valence-electron chi connectivity index (χ2n) is 6.39. The minimum absolute atomic E-state index is 0.780. The Morgan fingerprint density at radius 1 is 0.808 bits per heavy atom. The minimum atomic E-state index is 0.780. The fourth-order valence-corrected chi connectivity index (χ4v) is 3.31. The molecule has 0 saturated carbocycles. The summed E-state index contributed by atoms with van der Waals surface area (Å²) in [6, 6.07) is 26.9. The van der Waals surface area contributed by atoms with Crippen molar-refractivity contribution in [2.24, 2.45) is 0 Å². The van der Waals surface area contributed by atoms with Crippen LogP contribution in [0.4, 0.5) is 0 Å². The Morgan fingerprint density at radius 3 is 2.38 bits per heavy atom. The first kappa shape index (κ1) is 16.2. The van der Waals surface area contributed by atoms with Crippen LogP contribution in [0.1, 0.15) is 17.7 Å². The molecular formula is C24H19NO. The van der Waals surface area contributed by atoms with Crippen molar-refractivity contribution in [2.75, 3.05) is 0 Å². The first-order valence-electron chi connectivity index (χ1n) is 8.82. The van der Waals surface area contributed by atoms with Crippen molar-refractivity contribution in [3.63, 3.8) is 0 Å². The number of aldehydes is 1. The molecule has 4 aromatic rings. The largest absolute Gasteiger partial charge is 0.299 e. The Kier molecular flexibility index (Phi) is 4.57. The van der Waals surface area contributed by atoms with Gasteiger partial charge in [-0.1, -0.05) is 60.7 Å². The molecule has 0 radical (unpaired) electrons. The highest BCUT2D eigenvalue weighted by Crippen LogP contribution is 2.25. The molecule has 4 rings (SSSR count). The van der Waals surface area contributed by atoms with E-state index in [2.05, 4.69) is 48.5 Å². The number of aromatic nitrogens is 1. The number of benzene rings is 3. The summed E-state index contributed by atoms with van der Waals surface area (Å²) in [7, 11) is 0. The number of nitrogens with zero attached hydrogens (tertiary/aromatic N) is 1. The molecule has 26 heavy (non-hydrogen) atoms. The van der Waals surface area contributed by atoms with Crippen molar-refractivity contribution < 1.29 is 4.79 Å². The summed E-state index contributed by atoms with van der Waals surface area (Å²) < 4.78 is 0. The summed E-state index contributed by atoms with van der Waals surface area (Å²) in [5, 5.41) is 3.54. The number of para-hydroxylation sites is 1. The predicted molar refractivity (Wildman–Crippen MR) is 108 cm³/mol. The Bertz CT molecular complexity index is 1110. The van der Waals surface area contributed by atoms with Gasteiger partial charge in [0.2, 0.25) is 0 Å². The van der Waals surface area contributed by atoms with E-state index in [1.54, 1.807) is 6.08 Å². The second kappa shape index (κ2) is 7.32. The van der Waals surface area contributed by atoms with E-state index >= 15 is 0 Å². The van der Waals surface area contributed by atoms with Gasteiger partial charge in [0.15, 0.2) is 0 Å². The third kappa shape index (κ3) is 3.40. The molecule has 3 aromatic carbocycles. The van der Waals surface area contributed by atoms with Crippen LogP contribution in [0.15, 0.2) is 84.9 Å². The van der Waals surface area contributed by atoms with Gasteiger partial charge < -0.3 is 0 Å². The number of hydrogen-bond acceptors (Lipinski definition) is 2. The number of hydrogen-bond donors (Lipinski definition) is 0. The molecule has 0 N–H and O–H groups in total. The van der Waals surface area contributed by atoms with E-state index < -0.39 is 0 Å². The van der Waals surface area contributed by atoms with Gasteiger partial charge in [0.05, 0.1) is 5.52 Å². The maximum absolute atomic E-state index is 11.1. The van der Waals surface area contributed by atoms with Gasteiger partial charge in [-0.05, 0) is 59.0 Å². The molecule has 0 unspecified atom stereocenters. The maximum Gasteiger partial charge on any atom is 0.143 e. The predicted octanol–water partition coefficient (Wildman–Crippen LogP) is 5.60. The maximum atomic E-state index is 11.1. The molecule has 2 heteroatoms. The fraction of sp³-hybridized carbons (Fsp3) is 0.0833. The van der Waals surface area contributed by atoms with Crippen molar-refractivity contribution >= 4 is 33.5 Å². The summed E-state index contributed by atoms with van der Waals surface area (Å²) in [6.07, 6.45) is 4.13. The van der Waals surface area contributed by atoms with Gasteiger partial charge in [-0.25, -0.2) is 0 Å². The van der Waals surface area contributed by atoms with Crippen LogP contribution >= 0.6 is 0 Å². The van der Waals surface area contributed by atoms with Crippen LogP contribution < -0.4 is 0 Å². The van der Waals surface area contributed by atoms with Gasteiger partial charge in [-0.15, -0.1) is 0 Å². The number of allylic oxidation sites excluding steroid dienone is 2. The quantitative estimate of drug-likeness (QED) is 0.350. The van der Waals surface area contributed by atoms with Crippen molar-refractivity contribution in [1.29, 1.82) is 0 Å². The van der Waals surface area contributed by atoms with E-state index in [0.29, 0.717) is 0 Å². The fourth-order valence-electron chi connectivity index (χ4n) is 3.31. The lowest BCUT2D eigenvalue weighted by Gasteiger charge is -2.09. The van der Waals surface area contributed by atoms with Crippen LogP contribution in [-0.2, 0) is 11.2 Å². The average molecular weight is 337 g/mol. The molecule has 0 aliphatic carbocycles. The van der Waals surface area contributed by atoms with Crippen LogP contribution in [-0.4, -0.2) is 11.3 Å². The van der Waals surface area contributed by atoms with Gasteiger partial charge in [-0.2, -0.15) is 0 Å². The number of rotatable bonds is 5. The highest BCUT2D eigenvalue weighted by Gasteiger charge is 2.05. The third-order valence-electron chi connectivity index (χ3n) is 4.70. The number of carbonyl (C=O) groups excluding carboxylic acids is 1. The molecule has 1 heterocycles. The molecule has 0 aliphatic heterocycles. The van der Waals surface area contributed by atoms with Crippen LogP contribution in [0.2, 0.25) is 0 Å². The van der Waals surface area contributed by atoms with Crippen molar-refractivity contribution in [2.45, 2.75) is 12.8 Å². The van der Waals surface area contributed by atoms with E-state index in [9.17, 15) is 4.79 Å². The summed E-state index contributed by atoms with van der Waals surface area (Å²) in [4.78, 5) is 15.9. The molecule has 0 atom stereocenters. The van der Waals surface area contributed by atoms with E-state index in [1.165, 1.54) is 10.8 Å². The molecule has 0 saturated heterocycles. The summed E-state index contributed by atoms with van der Waals surface area (Å²) in [5.41, 5.74) is 4.19. The topological polar surface area (TPSA) is 30.0 Å². The highest BCUT2D eigenvalue weighted by molar-refractivity contribution is 5.89. The second-order valence-corrected chi connectivity index (χ2v) is 6.39. The van der Waals surface area contributed by atoms with E-state index in [-0.39, 0.29) is 0 Å². The summed E-state index contributed by atoms with van der Waals surface area (Å²) in [6.45, 7) is 0. The van der Waals surface area contributed by atoms with E-state index in [1.807, 2.05) is 30.3 Å². The molecule has 2 nitrogen and oxygen atoms in total. The van der Waals surface area contributed by atoms with Crippen molar-refractivity contribution in [1.82, 2.24) is 4.98 Å². The van der Waals surface area contributed by atoms with Crippen LogP contribution in [0, 0.1) is 0 Å². The molecule has 0 spiro atoms. The molecule has 0 amide bonds. The van der Waals surface area contributed by atoms with Gasteiger partial charge in [-0.3, -0.25) is 9.78 Å². The lowest BCUT2D eigenvalue weighted by molar-refractivity contribution is -0.104. The molecule has 0 aliphatic rings. The first-order chi connectivity index (χ1) is 12.8. The molecule has 0 bridgehead atoms. The SMILES string of the molecule is O=C/C=C(\CCc1ccc2ccccc2n1)c1ccc2ccccc2c1. The minimum Gasteiger partial charge on any atom is -0.299 e. The zero-order chi connectivity index (χ0) is 17.8. The van der Waals surface area contributed by atoms with Gasteiger partial charge >= 0.3 is 0 Å². The number of pyridine rings is 1. The number of carbonyl (C=O) groups is 1. The van der Waals surface area contributed by atoms with Crippen LogP contribution in [0.25, 0.3) is 27.2 Å². The Morgan fingerprint density at radius 2 is 1.54 bits per heavy atom. The third-order valence-corrected chi connectivity index (χ3v) is 4.70. The average Bonchev–Trinajstić information content (AvgIpc) is 2.70. The molecule has 0 fully saturated rings. The first-order valence-corrected chi connectivity index (χ1v) is 8.82. The Hall–Kier alpha value is -3.26. The standard InChI is InChI=1S/C24H19NO/c26-16-15-19(22-10-9-18-5-1-2-7-21(18)17-22)11-13-23-14-12-20-6-3-4-8-24(20)25-23/h1-10,12,14-17H,11,13H2/b19-15+.